The molecule has 0 saturated carbocycles. The van der Waals surface area contributed by atoms with E-state index >= 15 is 0 Å². The van der Waals surface area contributed by atoms with Gasteiger partial charge in [-0.25, -0.2) is 0 Å². The molecule has 0 saturated heterocycles. The van der Waals surface area contributed by atoms with Crippen LogP contribution in [0.25, 0.3) is 0 Å². The minimum absolute atomic E-state index is 0.355. The SMILES string of the molecule is Cc1cc(NCc2ccn(C)n2)c(C(N)=S)c(C)n1. The van der Waals surface area contributed by atoms with Gasteiger partial charge in [-0.15, -0.1) is 0 Å². The largest absolute Gasteiger partial charge is 0.389 e. The lowest BCUT2D eigenvalue weighted by Gasteiger charge is -2.13. The van der Waals surface area contributed by atoms with E-state index in [0.29, 0.717) is 11.5 Å². The Balaban J connectivity index is 2.26. The van der Waals surface area contributed by atoms with Crippen molar-refractivity contribution < 1.29 is 0 Å². The van der Waals surface area contributed by atoms with Gasteiger partial charge in [0.25, 0.3) is 0 Å². The van der Waals surface area contributed by atoms with E-state index in [0.717, 1.165) is 28.3 Å². The molecule has 0 aliphatic carbocycles. The molecule has 0 aliphatic heterocycles. The summed E-state index contributed by atoms with van der Waals surface area (Å²) in [6.45, 7) is 4.48. The van der Waals surface area contributed by atoms with Gasteiger partial charge in [-0.05, 0) is 26.0 Å². The topological polar surface area (TPSA) is 68.8 Å². The Morgan fingerprint density at radius 3 is 2.79 bits per heavy atom. The number of hydrogen-bond acceptors (Lipinski definition) is 4. The highest BCUT2D eigenvalue weighted by Crippen LogP contribution is 2.20. The Kier molecular flexibility index (Phi) is 3.80. The predicted octanol–water partition coefficient (Wildman–Crippen LogP) is 1.68. The Labute approximate surface area is 117 Å². The molecule has 0 aliphatic rings. The van der Waals surface area contributed by atoms with Gasteiger partial charge in [0.1, 0.15) is 4.99 Å². The van der Waals surface area contributed by atoms with Crippen molar-refractivity contribution in [2.75, 3.05) is 5.32 Å². The zero-order valence-corrected chi connectivity index (χ0v) is 12.1. The second-order valence-corrected chi connectivity index (χ2v) is 4.91. The fourth-order valence-corrected chi connectivity index (χ4v) is 2.28. The Bertz CT molecular complexity index is 617. The summed E-state index contributed by atoms with van der Waals surface area (Å²) in [5.74, 6) is 0. The molecule has 100 valence electrons. The van der Waals surface area contributed by atoms with Crippen molar-refractivity contribution in [1.29, 1.82) is 0 Å². The van der Waals surface area contributed by atoms with E-state index in [1.54, 1.807) is 4.68 Å². The van der Waals surface area contributed by atoms with Crippen LogP contribution in [0.3, 0.4) is 0 Å². The van der Waals surface area contributed by atoms with Crippen LogP contribution >= 0.6 is 12.2 Å². The van der Waals surface area contributed by atoms with E-state index < -0.39 is 0 Å². The van der Waals surface area contributed by atoms with Crippen LogP contribution in [0.5, 0.6) is 0 Å². The molecule has 2 rings (SSSR count). The first kappa shape index (κ1) is 13.5. The molecular weight excluding hydrogens is 258 g/mol. The van der Waals surface area contributed by atoms with Crippen molar-refractivity contribution >= 4 is 22.9 Å². The van der Waals surface area contributed by atoms with Crippen molar-refractivity contribution in [3.8, 4) is 0 Å². The molecule has 2 aromatic rings. The third-order valence-electron chi connectivity index (χ3n) is 2.80. The first-order chi connectivity index (χ1) is 8.97. The van der Waals surface area contributed by atoms with E-state index in [1.807, 2.05) is 39.2 Å². The van der Waals surface area contributed by atoms with Gasteiger partial charge < -0.3 is 11.1 Å². The Hall–Kier alpha value is -1.95. The van der Waals surface area contributed by atoms with E-state index in [2.05, 4.69) is 15.4 Å². The van der Waals surface area contributed by atoms with Gasteiger partial charge in [0.2, 0.25) is 0 Å². The minimum Gasteiger partial charge on any atom is -0.389 e. The zero-order chi connectivity index (χ0) is 14.0. The van der Waals surface area contributed by atoms with Crippen molar-refractivity contribution in [2.45, 2.75) is 20.4 Å². The molecule has 19 heavy (non-hydrogen) atoms. The number of nitrogens with zero attached hydrogens (tertiary/aromatic N) is 3. The summed E-state index contributed by atoms with van der Waals surface area (Å²) < 4.78 is 1.77. The predicted molar refractivity (Wildman–Crippen MR) is 80.1 cm³/mol. The van der Waals surface area contributed by atoms with Crippen molar-refractivity contribution in [2.24, 2.45) is 12.8 Å². The average molecular weight is 275 g/mol. The number of rotatable bonds is 4. The molecule has 0 aromatic carbocycles. The molecule has 2 aromatic heterocycles. The molecule has 0 fully saturated rings. The highest BCUT2D eigenvalue weighted by molar-refractivity contribution is 7.80. The van der Waals surface area contributed by atoms with Crippen LogP contribution in [0.2, 0.25) is 0 Å². The van der Waals surface area contributed by atoms with Crippen LogP contribution in [0, 0.1) is 13.8 Å². The monoisotopic (exact) mass is 275 g/mol. The second-order valence-electron chi connectivity index (χ2n) is 4.47. The Morgan fingerprint density at radius 1 is 1.47 bits per heavy atom. The summed E-state index contributed by atoms with van der Waals surface area (Å²) in [6, 6.07) is 3.92. The number of nitrogens with two attached hydrogens (primary N) is 1. The maximum Gasteiger partial charge on any atom is 0.107 e. The molecule has 3 N–H and O–H groups in total. The van der Waals surface area contributed by atoms with Gasteiger partial charge in [0.05, 0.1) is 17.8 Å². The van der Waals surface area contributed by atoms with Gasteiger partial charge in [0.15, 0.2) is 0 Å². The minimum atomic E-state index is 0.355. The highest BCUT2D eigenvalue weighted by atomic mass is 32.1. The number of nitrogens with one attached hydrogen (secondary N) is 1. The first-order valence-electron chi connectivity index (χ1n) is 5.98. The molecule has 5 nitrogen and oxygen atoms in total. The van der Waals surface area contributed by atoms with Gasteiger partial charge in [-0.1, -0.05) is 12.2 Å². The lowest BCUT2D eigenvalue weighted by Crippen LogP contribution is -2.16. The lowest BCUT2D eigenvalue weighted by molar-refractivity contribution is 0.747. The highest BCUT2D eigenvalue weighted by Gasteiger charge is 2.11. The maximum atomic E-state index is 5.77. The molecule has 0 amide bonds. The number of hydrogen-bond donors (Lipinski definition) is 2. The summed E-state index contributed by atoms with van der Waals surface area (Å²) in [5, 5.41) is 7.64. The van der Waals surface area contributed by atoms with Gasteiger partial charge >= 0.3 is 0 Å². The fourth-order valence-electron chi connectivity index (χ4n) is 2.02. The van der Waals surface area contributed by atoms with Crippen LogP contribution in [0.15, 0.2) is 18.3 Å². The van der Waals surface area contributed by atoms with Crippen LogP contribution < -0.4 is 11.1 Å². The molecular formula is C13H17N5S. The van der Waals surface area contributed by atoms with Crippen molar-refractivity contribution in [3.63, 3.8) is 0 Å². The van der Waals surface area contributed by atoms with E-state index in [-0.39, 0.29) is 0 Å². The summed E-state index contributed by atoms with van der Waals surface area (Å²) in [7, 11) is 1.89. The number of aromatic nitrogens is 3. The number of anilines is 1. The van der Waals surface area contributed by atoms with Crippen LogP contribution in [-0.2, 0) is 13.6 Å². The third-order valence-corrected chi connectivity index (χ3v) is 3.01. The van der Waals surface area contributed by atoms with Crippen LogP contribution in [-0.4, -0.2) is 19.8 Å². The summed E-state index contributed by atoms with van der Waals surface area (Å²) >= 11 is 5.09. The van der Waals surface area contributed by atoms with Crippen LogP contribution in [0.4, 0.5) is 5.69 Å². The zero-order valence-electron chi connectivity index (χ0n) is 11.3. The molecule has 0 radical (unpaired) electrons. The van der Waals surface area contributed by atoms with Gasteiger partial charge in [-0.2, -0.15) is 5.10 Å². The van der Waals surface area contributed by atoms with E-state index in [4.69, 9.17) is 18.0 Å². The molecule has 0 atom stereocenters. The summed E-state index contributed by atoms with van der Waals surface area (Å²) in [5.41, 5.74) is 10.2. The fraction of sp³-hybridized carbons (Fsp3) is 0.308. The van der Waals surface area contributed by atoms with Crippen LogP contribution in [0.1, 0.15) is 22.6 Å². The quantitative estimate of drug-likeness (QED) is 0.831. The molecule has 0 bridgehead atoms. The second kappa shape index (κ2) is 5.36. The summed E-state index contributed by atoms with van der Waals surface area (Å²) in [4.78, 5) is 4.74. The number of thiocarbonyl (C=S) groups is 1. The Morgan fingerprint density at radius 2 is 2.21 bits per heavy atom. The average Bonchev–Trinajstić information content (AvgIpc) is 2.71. The smallest absolute Gasteiger partial charge is 0.107 e. The third kappa shape index (κ3) is 3.08. The molecule has 0 unspecified atom stereocenters. The standard InChI is InChI=1S/C13H17N5S/c1-8-6-11(12(13(14)19)9(2)16-8)15-7-10-4-5-18(3)17-10/h4-6H,7H2,1-3H3,(H2,14,19)(H,15,16). The van der Waals surface area contributed by atoms with E-state index in [1.165, 1.54) is 0 Å². The van der Waals surface area contributed by atoms with Gasteiger partial charge in [-0.3, -0.25) is 9.67 Å². The van der Waals surface area contributed by atoms with Gasteiger partial charge in [0, 0.05) is 30.3 Å². The summed E-state index contributed by atoms with van der Waals surface area (Å²) in [6.07, 6.45) is 1.91. The van der Waals surface area contributed by atoms with Crippen molar-refractivity contribution in [3.05, 3.63) is 41.0 Å². The molecule has 0 spiro atoms. The first-order valence-corrected chi connectivity index (χ1v) is 6.38. The normalized spacial score (nSPS) is 10.5. The lowest BCUT2D eigenvalue weighted by atomic mass is 10.1. The molecule has 6 heteroatoms. The van der Waals surface area contributed by atoms with Crippen molar-refractivity contribution in [1.82, 2.24) is 14.8 Å². The number of aryl methyl sites for hydroxylation is 3. The van der Waals surface area contributed by atoms with E-state index in [9.17, 15) is 0 Å². The molecule has 2 heterocycles. The maximum absolute atomic E-state index is 5.77. The number of pyridine rings is 1.